The van der Waals surface area contributed by atoms with Crippen LogP contribution in [0.2, 0.25) is 0 Å². The predicted molar refractivity (Wildman–Crippen MR) is 77.2 cm³/mol. The maximum atomic E-state index is 4.58. The maximum absolute atomic E-state index is 4.58. The fourth-order valence-corrected chi connectivity index (χ4v) is 2.88. The summed E-state index contributed by atoms with van der Waals surface area (Å²) in [5.41, 5.74) is 4.12. The SMILES string of the molecule is CCCNCc1cnc(C2CCc3ccccc32)[nH]1. The number of nitrogens with zero attached hydrogens (tertiary/aromatic N) is 1. The number of fused-ring (bicyclic) bond motifs is 1. The molecule has 0 saturated carbocycles. The van der Waals surface area contributed by atoms with Gasteiger partial charge in [-0.3, -0.25) is 0 Å². The van der Waals surface area contributed by atoms with Gasteiger partial charge in [0.1, 0.15) is 5.82 Å². The summed E-state index contributed by atoms with van der Waals surface area (Å²) < 4.78 is 0. The van der Waals surface area contributed by atoms with Gasteiger partial charge in [0.05, 0.1) is 0 Å². The predicted octanol–water partition coefficient (Wildman–Crippen LogP) is 2.99. The molecule has 3 heteroatoms. The molecule has 3 nitrogen and oxygen atoms in total. The number of aromatic amines is 1. The van der Waals surface area contributed by atoms with E-state index in [1.165, 1.54) is 29.7 Å². The second kappa shape index (κ2) is 5.57. The van der Waals surface area contributed by atoms with E-state index < -0.39 is 0 Å². The molecule has 100 valence electrons. The van der Waals surface area contributed by atoms with Crippen LogP contribution in [0, 0.1) is 0 Å². The van der Waals surface area contributed by atoms with Gasteiger partial charge in [0.15, 0.2) is 0 Å². The molecule has 1 unspecified atom stereocenters. The van der Waals surface area contributed by atoms with Crippen molar-refractivity contribution in [3.63, 3.8) is 0 Å². The quantitative estimate of drug-likeness (QED) is 0.806. The summed E-state index contributed by atoms with van der Waals surface area (Å²) in [4.78, 5) is 8.06. The van der Waals surface area contributed by atoms with Crippen LogP contribution in [0.5, 0.6) is 0 Å². The molecule has 0 bridgehead atoms. The zero-order valence-corrected chi connectivity index (χ0v) is 11.4. The highest BCUT2D eigenvalue weighted by atomic mass is 15.0. The Kier molecular flexibility index (Phi) is 3.65. The van der Waals surface area contributed by atoms with Crippen molar-refractivity contribution in [2.24, 2.45) is 0 Å². The van der Waals surface area contributed by atoms with Crippen molar-refractivity contribution in [2.45, 2.75) is 38.6 Å². The van der Waals surface area contributed by atoms with E-state index in [0.717, 1.165) is 25.3 Å². The van der Waals surface area contributed by atoms with Crippen molar-refractivity contribution in [1.82, 2.24) is 15.3 Å². The highest BCUT2D eigenvalue weighted by Gasteiger charge is 2.25. The number of imidazole rings is 1. The lowest BCUT2D eigenvalue weighted by Crippen LogP contribution is -2.14. The molecule has 1 aliphatic rings. The van der Waals surface area contributed by atoms with Crippen molar-refractivity contribution in [1.29, 1.82) is 0 Å². The Labute approximate surface area is 114 Å². The van der Waals surface area contributed by atoms with Crippen LogP contribution in [0.4, 0.5) is 0 Å². The molecule has 2 aromatic rings. The van der Waals surface area contributed by atoms with E-state index in [1.807, 2.05) is 6.20 Å². The molecule has 3 rings (SSSR count). The van der Waals surface area contributed by atoms with E-state index in [9.17, 15) is 0 Å². The molecule has 1 atom stereocenters. The number of rotatable bonds is 5. The second-order valence-corrected chi connectivity index (χ2v) is 5.26. The van der Waals surface area contributed by atoms with Gasteiger partial charge >= 0.3 is 0 Å². The molecule has 2 N–H and O–H groups in total. The highest BCUT2D eigenvalue weighted by Crippen LogP contribution is 2.36. The normalized spacial score (nSPS) is 17.6. The van der Waals surface area contributed by atoms with Crippen LogP contribution in [0.15, 0.2) is 30.5 Å². The van der Waals surface area contributed by atoms with Crippen molar-refractivity contribution in [3.8, 4) is 0 Å². The molecule has 1 aromatic carbocycles. The largest absolute Gasteiger partial charge is 0.344 e. The Morgan fingerprint density at radius 2 is 2.26 bits per heavy atom. The first-order valence-corrected chi connectivity index (χ1v) is 7.20. The molecule has 19 heavy (non-hydrogen) atoms. The Morgan fingerprint density at radius 3 is 3.16 bits per heavy atom. The number of aryl methyl sites for hydroxylation is 1. The first kappa shape index (κ1) is 12.4. The van der Waals surface area contributed by atoms with Crippen molar-refractivity contribution in [2.75, 3.05) is 6.54 Å². The number of H-pyrrole nitrogens is 1. The third-order valence-corrected chi connectivity index (χ3v) is 3.85. The summed E-state index contributed by atoms with van der Waals surface area (Å²) in [5.74, 6) is 1.58. The van der Waals surface area contributed by atoms with Gasteiger partial charge in [0.25, 0.3) is 0 Å². The molecule has 1 aliphatic carbocycles. The number of hydrogen-bond donors (Lipinski definition) is 2. The Bertz CT molecular complexity index is 544. The van der Waals surface area contributed by atoms with Crippen LogP contribution >= 0.6 is 0 Å². The maximum Gasteiger partial charge on any atom is 0.113 e. The number of hydrogen-bond acceptors (Lipinski definition) is 2. The smallest absolute Gasteiger partial charge is 0.113 e. The molecular weight excluding hydrogens is 234 g/mol. The van der Waals surface area contributed by atoms with E-state index in [2.05, 4.69) is 46.5 Å². The Morgan fingerprint density at radius 1 is 1.37 bits per heavy atom. The minimum absolute atomic E-state index is 0.455. The van der Waals surface area contributed by atoms with Crippen molar-refractivity contribution < 1.29 is 0 Å². The van der Waals surface area contributed by atoms with Crippen LogP contribution < -0.4 is 5.32 Å². The van der Waals surface area contributed by atoms with Crippen LogP contribution in [0.3, 0.4) is 0 Å². The van der Waals surface area contributed by atoms with E-state index in [1.54, 1.807) is 0 Å². The van der Waals surface area contributed by atoms with Gasteiger partial charge in [-0.25, -0.2) is 4.98 Å². The molecule has 0 radical (unpaired) electrons. The van der Waals surface area contributed by atoms with E-state index >= 15 is 0 Å². The van der Waals surface area contributed by atoms with Gasteiger partial charge in [0, 0.05) is 24.4 Å². The molecular formula is C16H21N3. The topological polar surface area (TPSA) is 40.7 Å². The van der Waals surface area contributed by atoms with E-state index in [-0.39, 0.29) is 0 Å². The standard InChI is InChI=1S/C16H21N3/c1-2-9-17-10-13-11-18-16(19-13)15-8-7-12-5-3-4-6-14(12)15/h3-6,11,15,17H,2,7-10H2,1H3,(H,18,19). The second-order valence-electron chi connectivity index (χ2n) is 5.26. The van der Waals surface area contributed by atoms with Gasteiger partial charge in [-0.15, -0.1) is 0 Å². The van der Waals surface area contributed by atoms with E-state index in [4.69, 9.17) is 0 Å². The van der Waals surface area contributed by atoms with E-state index in [0.29, 0.717) is 5.92 Å². The molecule has 1 aromatic heterocycles. The average molecular weight is 255 g/mol. The molecule has 0 spiro atoms. The lowest BCUT2D eigenvalue weighted by molar-refractivity contribution is 0.662. The summed E-state index contributed by atoms with van der Waals surface area (Å²) in [6.07, 6.45) is 5.48. The summed E-state index contributed by atoms with van der Waals surface area (Å²) >= 11 is 0. The van der Waals surface area contributed by atoms with Gasteiger partial charge in [-0.2, -0.15) is 0 Å². The summed E-state index contributed by atoms with van der Waals surface area (Å²) in [5, 5.41) is 3.40. The van der Waals surface area contributed by atoms with Crippen molar-refractivity contribution >= 4 is 0 Å². The van der Waals surface area contributed by atoms with Crippen LogP contribution in [0.25, 0.3) is 0 Å². The van der Waals surface area contributed by atoms with Gasteiger partial charge in [0.2, 0.25) is 0 Å². The Hall–Kier alpha value is -1.61. The van der Waals surface area contributed by atoms with Crippen LogP contribution in [-0.2, 0) is 13.0 Å². The summed E-state index contributed by atoms with van der Waals surface area (Å²) in [7, 11) is 0. The first-order valence-electron chi connectivity index (χ1n) is 7.20. The highest BCUT2D eigenvalue weighted by molar-refractivity contribution is 5.38. The third kappa shape index (κ3) is 2.56. The minimum atomic E-state index is 0.455. The summed E-state index contributed by atoms with van der Waals surface area (Å²) in [6, 6.07) is 8.74. The lowest BCUT2D eigenvalue weighted by Gasteiger charge is -2.08. The fourth-order valence-electron chi connectivity index (χ4n) is 2.88. The molecule has 0 amide bonds. The van der Waals surface area contributed by atoms with Crippen molar-refractivity contribution in [3.05, 3.63) is 53.1 Å². The first-order chi connectivity index (χ1) is 9.38. The van der Waals surface area contributed by atoms with Crippen LogP contribution in [-0.4, -0.2) is 16.5 Å². The summed E-state index contributed by atoms with van der Waals surface area (Å²) in [6.45, 7) is 4.12. The van der Waals surface area contributed by atoms with Gasteiger partial charge < -0.3 is 10.3 Å². The van der Waals surface area contributed by atoms with Gasteiger partial charge in [-0.05, 0) is 36.9 Å². The Balaban J connectivity index is 1.74. The molecule has 0 fully saturated rings. The van der Waals surface area contributed by atoms with Crippen LogP contribution in [0.1, 0.15) is 48.3 Å². The minimum Gasteiger partial charge on any atom is -0.344 e. The monoisotopic (exact) mass is 255 g/mol. The molecule has 0 aliphatic heterocycles. The fraction of sp³-hybridized carbons (Fsp3) is 0.438. The number of nitrogens with one attached hydrogen (secondary N) is 2. The zero-order valence-electron chi connectivity index (χ0n) is 11.4. The molecule has 0 saturated heterocycles. The number of aromatic nitrogens is 2. The van der Waals surface area contributed by atoms with Gasteiger partial charge in [-0.1, -0.05) is 31.2 Å². The third-order valence-electron chi connectivity index (χ3n) is 3.85. The average Bonchev–Trinajstić information content (AvgIpc) is 3.05. The zero-order chi connectivity index (χ0) is 13.1. The number of benzene rings is 1. The lowest BCUT2D eigenvalue weighted by atomic mass is 10.0. The molecule has 1 heterocycles.